The third-order valence-corrected chi connectivity index (χ3v) is 1.98. The average molecular weight is 230 g/mol. The van der Waals surface area contributed by atoms with Crippen molar-refractivity contribution in [1.29, 1.82) is 0 Å². The number of aliphatic carboxylic acids is 2. The Hall–Kier alpha value is -1.62. The molecule has 2 N–H and O–H groups in total. The Morgan fingerprint density at radius 2 is 2.07 bits per heavy atom. The minimum atomic E-state index is -1.23. The largest absolute Gasteiger partial charge is 0.481 e. The molecule has 0 spiro atoms. The molecule has 0 saturated carbocycles. The molecule has 1 aromatic rings. The Balaban J connectivity index is 2.98. The van der Waals surface area contributed by atoms with Crippen molar-refractivity contribution in [1.82, 2.24) is 4.98 Å². The fourth-order valence-electron chi connectivity index (χ4n) is 1.11. The van der Waals surface area contributed by atoms with Crippen molar-refractivity contribution in [3.05, 3.63) is 29.0 Å². The van der Waals surface area contributed by atoms with Gasteiger partial charge in [-0.3, -0.25) is 9.59 Å². The van der Waals surface area contributed by atoms with Crippen molar-refractivity contribution in [3.8, 4) is 0 Å². The number of hydrogen-bond acceptors (Lipinski definition) is 3. The lowest BCUT2D eigenvalue weighted by molar-refractivity contribution is -0.145. The van der Waals surface area contributed by atoms with Crippen LogP contribution < -0.4 is 0 Å². The summed E-state index contributed by atoms with van der Waals surface area (Å²) >= 11 is 5.58. The Bertz CT molecular complexity index is 393. The third kappa shape index (κ3) is 3.21. The molecule has 0 aliphatic heterocycles. The number of rotatable bonds is 4. The molecule has 0 aliphatic carbocycles. The zero-order valence-corrected chi connectivity index (χ0v) is 8.31. The summed E-state index contributed by atoms with van der Waals surface area (Å²) in [4.78, 5) is 25.0. The summed E-state index contributed by atoms with van der Waals surface area (Å²) in [6.07, 6.45) is -0.511. The molecule has 0 aromatic carbocycles. The number of carbonyl (C=O) groups is 2. The SMILES string of the molecule is O=C(O)CC(C(=O)O)c1cccc(Cl)n1. The molecule has 1 rings (SSSR count). The second-order valence-corrected chi connectivity index (χ2v) is 3.26. The fraction of sp³-hybridized carbons (Fsp3) is 0.222. The zero-order valence-electron chi connectivity index (χ0n) is 7.55. The van der Waals surface area contributed by atoms with Crippen molar-refractivity contribution >= 4 is 23.5 Å². The van der Waals surface area contributed by atoms with Gasteiger partial charge in [0.15, 0.2) is 0 Å². The van der Waals surface area contributed by atoms with Crippen LogP contribution in [-0.2, 0) is 9.59 Å². The molecular formula is C9H8ClNO4. The average Bonchev–Trinajstić information content (AvgIpc) is 2.13. The number of halogens is 1. The number of pyridine rings is 1. The highest BCUT2D eigenvalue weighted by molar-refractivity contribution is 6.29. The van der Waals surface area contributed by atoms with Gasteiger partial charge in [-0.25, -0.2) is 4.98 Å². The van der Waals surface area contributed by atoms with Crippen LogP contribution in [0.5, 0.6) is 0 Å². The molecule has 6 heteroatoms. The molecule has 0 bridgehead atoms. The van der Waals surface area contributed by atoms with E-state index in [1.165, 1.54) is 18.2 Å². The van der Waals surface area contributed by atoms with Gasteiger partial charge in [0.2, 0.25) is 0 Å². The summed E-state index contributed by atoms with van der Waals surface area (Å²) < 4.78 is 0. The maximum atomic E-state index is 10.8. The quantitative estimate of drug-likeness (QED) is 0.762. The van der Waals surface area contributed by atoms with Gasteiger partial charge in [0.05, 0.1) is 12.1 Å². The van der Waals surface area contributed by atoms with Crippen LogP contribution in [0.4, 0.5) is 0 Å². The molecule has 5 nitrogen and oxygen atoms in total. The van der Waals surface area contributed by atoms with E-state index in [1.807, 2.05) is 0 Å². The lowest BCUT2D eigenvalue weighted by Gasteiger charge is -2.08. The normalized spacial score (nSPS) is 12.1. The Morgan fingerprint density at radius 3 is 2.53 bits per heavy atom. The van der Waals surface area contributed by atoms with Gasteiger partial charge < -0.3 is 10.2 Å². The molecule has 0 amide bonds. The molecular weight excluding hydrogens is 222 g/mol. The number of hydrogen-bond donors (Lipinski definition) is 2. The highest BCUT2D eigenvalue weighted by Crippen LogP contribution is 2.19. The number of carboxylic acids is 2. The van der Waals surface area contributed by atoms with Gasteiger partial charge in [-0.1, -0.05) is 17.7 Å². The minimum absolute atomic E-state index is 0.143. The van der Waals surface area contributed by atoms with Crippen molar-refractivity contribution in [2.24, 2.45) is 0 Å². The molecule has 0 radical (unpaired) electrons. The summed E-state index contributed by atoms with van der Waals surface area (Å²) in [5.41, 5.74) is 0.150. The molecule has 80 valence electrons. The standard InChI is InChI=1S/C9H8ClNO4/c10-7-3-1-2-6(11-7)5(9(14)15)4-8(12)13/h1-3,5H,4H2,(H,12,13)(H,14,15). The van der Waals surface area contributed by atoms with E-state index in [0.29, 0.717) is 0 Å². The summed E-state index contributed by atoms with van der Waals surface area (Å²) in [5, 5.41) is 17.5. The number of nitrogens with zero attached hydrogens (tertiary/aromatic N) is 1. The summed E-state index contributed by atoms with van der Waals surface area (Å²) in [6, 6.07) is 4.46. The van der Waals surface area contributed by atoms with Crippen LogP contribution in [-0.4, -0.2) is 27.1 Å². The summed E-state index contributed by atoms with van der Waals surface area (Å²) in [5.74, 6) is -3.59. The van der Waals surface area contributed by atoms with Crippen LogP contribution in [0, 0.1) is 0 Å². The first-order valence-electron chi connectivity index (χ1n) is 4.07. The fourth-order valence-corrected chi connectivity index (χ4v) is 1.28. The highest BCUT2D eigenvalue weighted by atomic mass is 35.5. The molecule has 1 atom stereocenters. The molecule has 0 fully saturated rings. The van der Waals surface area contributed by atoms with Crippen LogP contribution in [0.2, 0.25) is 5.15 Å². The van der Waals surface area contributed by atoms with E-state index in [4.69, 9.17) is 21.8 Å². The van der Waals surface area contributed by atoms with Crippen LogP contribution in [0.25, 0.3) is 0 Å². The molecule has 0 aliphatic rings. The van der Waals surface area contributed by atoms with Crippen LogP contribution >= 0.6 is 11.6 Å². The van der Waals surface area contributed by atoms with Crippen LogP contribution in [0.15, 0.2) is 18.2 Å². The van der Waals surface area contributed by atoms with Crippen molar-refractivity contribution < 1.29 is 19.8 Å². The van der Waals surface area contributed by atoms with Gasteiger partial charge >= 0.3 is 11.9 Å². The highest BCUT2D eigenvalue weighted by Gasteiger charge is 2.24. The first kappa shape index (κ1) is 11.5. The van der Waals surface area contributed by atoms with E-state index in [9.17, 15) is 9.59 Å². The first-order chi connectivity index (χ1) is 7.00. The molecule has 0 saturated heterocycles. The molecule has 1 heterocycles. The van der Waals surface area contributed by atoms with Crippen LogP contribution in [0.1, 0.15) is 18.0 Å². The summed E-state index contributed by atoms with van der Waals surface area (Å²) in [6.45, 7) is 0. The van der Waals surface area contributed by atoms with E-state index in [0.717, 1.165) is 0 Å². The van der Waals surface area contributed by atoms with Gasteiger partial charge in [0, 0.05) is 0 Å². The topological polar surface area (TPSA) is 87.5 Å². The van der Waals surface area contributed by atoms with E-state index >= 15 is 0 Å². The van der Waals surface area contributed by atoms with Gasteiger partial charge in [-0.2, -0.15) is 0 Å². The third-order valence-electron chi connectivity index (χ3n) is 1.77. The Kier molecular flexibility index (Phi) is 3.62. The van der Waals surface area contributed by atoms with Crippen molar-refractivity contribution in [2.45, 2.75) is 12.3 Å². The monoisotopic (exact) mass is 229 g/mol. The van der Waals surface area contributed by atoms with E-state index in [-0.39, 0.29) is 10.8 Å². The van der Waals surface area contributed by atoms with E-state index in [2.05, 4.69) is 4.98 Å². The van der Waals surface area contributed by atoms with Crippen LogP contribution in [0.3, 0.4) is 0 Å². The maximum Gasteiger partial charge on any atom is 0.313 e. The molecule has 15 heavy (non-hydrogen) atoms. The van der Waals surface area contributed by atoms with Crippen molar-refractivity contribution in [3.63, 3.8) is 0 Å². The predicted octanol–water partition coefficient (Wildman–Crippen LogP) is 1.38. The van der Waals surface area contributed by atoms with E-state index < -0.39 is 24.3 Å². The molecule has 1 aromatic heterocycles. The Morgan fingerprint density at radius 1 is 1.40 bits per heavy atom. The number of aromatic nitrogens is 1. The number of carboxylic acid groups (broad SMARTS) is 2. The second-order valence-electron chi connectivity index (χ2n) is 2.87. The zero-order chi connectivity index (χ0) is 11.4. The summed E-state index contributed by atoms with van der Waals surface area (Å²) in [7, 11) is 0. The maximum absolute atomic E-state index is 10.8. The van der Waals surface area contributed by atoms with Crippen molar-refractivity contribution in [2.75, 3.05) is 0 Å². The predicted molar refractivity (Wildman–Crippen MR) is 51.9 cm³/mol. The second kappa shape index (κ2) is 4.75. The van der Waals surface area contributed by atoms with Gasteiger partial charge in [0.25, 0.3) is 0 Å². The smallest absolute Gasteiger partial charge is 0.313 e. The van der Waals surface area contributed by atoms with Gasteiger partial charge in [-0.05, 0) is 12.1 Å². The van der Waals surface area contributed by atoms with Gasteiger partial charge in [-0.15, -0.1) is 0 Å². The Labute approximate surface area is 90.3 Å². The minimum Gasteiger partial charge on any atom is -0.481 e. The van der Waals surface area contributed by atoms with E-state index in [1.54, 1.807) is 0 Å². The lowest BCUT2D eigenvalue weighted by Crippen LogP contribution is -2.17. The first-order valence-corrected chi connectivity index (χ1v) is 4.45. The lowest BCUT2D eigenvalue weighted by atomic mass is 10.0. The molecule has 1 unspecified atom stereocenters. The van der Waals surface area contributed by atoms with Gasteiger partial charge in [0.1, 0.15) is 11.1 Å².